The van der Waals surface area contributed by atoms with E-state index in [0.717, 1.165) is 0 Å². The van der Waals surface area contributed by atoms with Gasteiger partial charge in [-0.05, 0) is 0 Å². The van der Waals surface area contributed by atoms with Crippen molar-refractivity contribution in [2.24, 2.45) is 4.99 Å². The first-order valence-electron chi connectivity index (χ1n) is 2.66. The van der Waals surface area contributed by atoms with Gasteiger partial charge in [0.25, 0.3) is 0 Å². The lowest BCUT2D eigenvalue weighted by Gasteiger charge is -2.10. The van der Waals surface area contributed by atoms with E-state index in [1.54, 1.807) is 0 Å². The third-order valence-electron chi connectivity index (χ3n) is 1.05. The lowest BCUT2D eigenvalue weighted by atomic mass is 10.3. The van der Waals surface area contributed by atoms with Crippen LogP contribution in [0.25, 0.3) is 0 Å². The zero-order chi connectivity index (χ0) is 7.40. The van der Waals surface area contributed by atoms with Gasteiger partial charge < -0.3 is 0 Å². The average Bonchev–Trinajstić information content (AvgIpc) is 2.05. The van der Waals surface area contributed by atoms with Gasteiger partial charge in [0.05, 0.1) is 6.54 Å². The molecule has 0 aromatic rings. The minimum Gasteiger partial charge on any atom is -0.278 e. The first-order chi connectivity index (χ1) is 4.86. The second-order valence-electron chi connectivity index (χ2n) is 1.71. The van der Waals surface area contributed by atoms with Crippen LogP contribution >= 0.6 is 0 Å². The van der Waals surface area contributed by atoms with Gasteiger partial charge in [-0.3, -0.25) is 4.90 Å². The summed E-state index contributed by atoms with van der Waals surface area (Å²) in [5.41, 5.74) is 0.365. The monoisotopic (exact) mass is 132 g/mol. The molecule has 4 heteroatoms. The number of nitrogens with zero attached hydrogens (tertiary/aromatic N) is 4. The Hall–Kier alpha value is -1.81. The Morgan fingerprint density at radius 1 is 1.60 bits per heavy atom. The highest BCUT2D eigenvalue weighted by Crippen LogP contribution is 1.96. The molecule has 0 aromatic carbocycles. The van der Waals surface area contributed by atoms with Crippen LogP contribution in [0.1, 0.15) is 0 Å². The van der Waals surface area contributed by atoms with E-state index in [0.29, 0.717) is 12.3 Å². The topological polar surface area (TPSA) is 63.2 Å². The highest BCUT2D eigenvalue weighted by Gasteiger charge is 2.05. The molecule has 0 N–H and O–H groups in total. The summed E-state index contributed by atoms with van der Waals surface area (Å²) in [7, 11) is 0. The van der Waals surface area contributed by atoms with E-state index in [9.17, 15) is 0 Å². The first kappa shape index (κ1) is 6.31. The predicted molar refractivity (Wildman–Crippen MR) is 34.5 cm³/mol. The quantitative estimate of drug-likeness (QED) is 0.443. The van der Waals surface area contributed by atoms with E-state index >= 15 is 0 Å². The Balaban J connectivity index is 2.72. The van der Waals surface area contributed by atoms with Gasteiger partial charge >= 0.3 is 0 Å². The molecule has 1 aliphatic heterocycles. The SMILES string of the molecule is N#CC1=NC=CN(C#N)C1. The fraction of sp³-hybridized carbons (Fsp3) is 0.167. The summed E-state index contributed by atoms with van der Waals surface area (Å²) in [4.78, 5) is 5.07. The number of rotatable bonds is 0. The molecular weight excluding hydrogens is 128 g/mol. The summed E-state index contributed by atoms with van der Waals surface area (Å²) >= 11 is 0. The summed E-state index contributed by atoms with van der Waals surface area (Å²) < 4.78 is 0. The van der Waals surface area contributed by atoms with Crippen molar-refractivity contribution in [1.29, 1.82) is 10.5 Å². The van der Waals surface area contributed by atoms with Gasteiger partial charge in [-0.1, -0.05) is 0 Å². The zero-order valence-corrected chi connectivity index (χ0v) is 5.15. The molecule has 0 radical (unpaired) electrons. The number of hydrogen-bond donors (Lipinski definition) is 0. The molecule has 0 saturated carbocycles. The maximum atomic E-state index is 8.36. The second-order valence-corrected chi connectivity index (χ2v) is 1.71. The fourth-order valence-corrected chi connectivity index (χ4v) is 0.592. The Morgan fingerprint density at radius 3 is 3.00 bits per heavy atom. The van der Waals surface area contributed by atoms with Gasteiger partial charge in [-0.25, -0.2) is 4.99 Å². The molecule has 48 valence electrons. The molecule has 0 fully saturated rings. The number of hydrogen-bond acceptors (Lipinski definition) is 4. The largest absolute Gasteiger partial charge is 0.278 e. The predicted octanol–water partition coefficient (Wildman–Crippen LogP) is 0.219. The molecule has 0 saturated heterocycles. The maximum Gasteiger partial charge on any atom is 0.184 e. The Kier molecular flexibility index (Phi) is 1.67. The van der Waals surface area contributed by atoms with E-state index < -0.39 is 0 Å². The third-order valence-corrected chi connectivity index (χ3v) is 1.05. The van der Waals surface area contributed by atoms with Gasteiger partial charge in [0.15, 0.2) is 6.19 Å². The van der Waals surface area contributed by atoms with E-state index in [1.807, 2.05) is 12.3 Å². The van der Waals surface area contributed by atoms with Crippen LogP contribution < -0.4 is 0 Å². The Morgan fingerprint density at radius 2 is 2.40 bits per heavy atom. The maximum absolute atomic E-state index is 8.36. The molecule has 0 spiro atoms. The molecule has 0 amide bonds. The van der Waals surface area contributed by atoms with Crippen molar-refractivity contribution in [3.05, 3.63) is 12.4 Å². The molecule has 1 heterocycles. The number of aliphatic imine (C=N–C) groups is 1. The molecule has 10 heavy (non-hydrogen) atoms. The highest BCUT2D eigenvalue weighted by atomic mass is 15.1. The lowest BCUT2D eigenvalue weighted by molar-refractivity contribution is 0.596. The van der Waals surface area contributed by atoms with Crippen molar-refractivity contribution >= 4 is 5.71 Å². The average molecular weight is 132 g/mol. The van der Waals surface area contributed by atoms with Crippen LogP contribution in [0.5, 0.6) is 0 Å². The van der Waals surface area contributed by atoms with E-state index in [-0.39, 0.29) is 0 Å². The summed E-state index contributed by atoms with van der Waals surface area (Å²) in [5.74, 6) is 0. The van der Waals surface area contributed by atoms with Crippen LogP contribution in [-0.4, -0.2) is 17.2 Å². The van der Waals surface area contributed by atoms with Crippen LogP contribution in [0.3, 0.4) is 0 Å². The molecule has 0 atom stereocenters. The fourth-order valence-electron chi connectivity index (χ4n) is 0.592. The van der Waals surface area contributed by atoms with Crippen LogP contribution in [0.15, 0.2) is 17.4 Å². The van der Waals surface area contributed by atoms with Gasteiger partial charge in [0.1, 0.15) is 11.8 Å². The smallest absolute Gasteiger partial charge is 0.184 e. The Bertz CT molecular complexity index is 262. The summed E-state index contributed by atoms with van der Waals surface area (Å²) in [6.45, 7) is 0.295. The van der Waals surface area contributed by atoms with Crippen LogP contribution in [0, 0.1) is 22.8 Å². The minimum absolute atomic E-state index is 0.295. The van der Waals surface area contributed by atoms with Gasteiger partial charge in [-0.15, -0.1) is 0 Å². The van der Waals surface area contributed by atoms with Gasteiger partial charge in [0.2, 0.25) is 0 Å². The third kappa shape index (κ3) is 1.12. The van der Waals surface area contributed by atoms with Crippen molar-refractivity contribution in [3.63, 3.8) is 0 Å². The molecule has 4 nitrogen and oxygen atoms in total. The van der Waals surface area contributed by atoms with E-state index in [1.165, 1.54) is 17.3 Å². The van der Waals surface area contributed by atoms with Crippen molar-refractivity contribution in [2.45, 2.75) is 0 Å². The highest BCUT2D eigenvalue weighted by molar-refractivity contribution is 6.01. The second kappa shape index (κ2) is 2.65. The summed E-state index contributed by atoms with van der Waals surface area (Å²) in [5, 5.41) is 16.7. The summed E-state index contributed by atoms with van der Waals surface area (Å²) in [6, 6.07) is 1.87. The lowest BCUT2D eigenvalue weighted by Crippen LogP contribution is -2.21. The molecule has 0 aromatic heterocycles. The van der Waals surface area contributed by atoms with Crippen LogP contribution in [-0.2, 0) is 0 Å². The van der Waals surface area contributed by atoms with Crippen molar-refractivity contribution in [3.8, 4) is 12.3 Å². The normalized spacial score (nSPS) is 15.4. The first-order valence-corrected chi connectivity index (χ1v) is 2.66. The standard InChI is InChI=1S/C6H4N4/c7-3-6-4-10(5-8)2-1-9-6/h1-2H,4H2. The van der Waals surface area contributed by atoms with Crippen molar-refractivity contribution in [2.75, 3.05) is 6.54 Å². The summed E-state index contributed by atoms with van der Waals surface area (Å²) in [6.07, 6.45) is 4.85. The molecule has 1 rings (SSSR count). The van der Waals surface area contributed by atoms with E-state index in [4.69, 9.17) is 10.5 Å². The Labute approximate surface area is 58.3 Å². The van der Waals surface area contributed by atoms with Crippen molar-refractivity contribution < 1.29 is 0 Å². The van der Waals surface area contributed by atoms with Crippen LogP contribution in [0.2, 0.25) is 0 Å². The molecule has 1 aliphatic rings. The van der Waals surface area contributed by atoms with Gasteiger partial charge in [-0.2, -0.15) is 10.5 Å². The minimum atomic E-state index is 0.295. The van der Waals surface area contributed by atoms with E-state index in [2.05, 4.69) is 4.99 Å². The molecule has 0 bridgehead atoms. The van der Waals surface area contributed by atoms with Crippen molar-refractivity contribution in [1.82, 2.24) is 4.90 Å². The molecule has 0 aliphatic carbocycles. The van der Waals surface area contributed by atoms with Crippen LogP contribution in [0.4, 0.5) is 0 Å². The zero-order valence-electron chi connectivity index (χ0n) is 5.15. The molecule has 0 unspecified atom stereocenters. The number of nitriles is 2. The molecular formula is C6H4N4. The van der Waals surface area contributed by atoms with Gasteiger partial charge in [0, 0.05) is 12.4 Å².